The zero-order chi connectivity index (χ0) is 26.0. The van der Waals surface area contributed by atoms with Crippen molar-refractivity contribution in [3.05, 3.63) is 36.7 Å². The lowest BCUT2D eigenvalue weighted by molar-refractivity contribution is 0.0868. The van der Waals surface area contributed by atoms with E-state index in [0.717, 1.165) is 49.7 Å². The number of ether oxygens (including phenoxy) is 2. The number of phenols is 1. The summed E-state index contributed by atoms with van der Waals surface area (Å²) in [6, 6.07) is 6.82. The summed E-state index contributed by atoms with van der Waals surface area (Å²) in [4.78, 5) is 10.6. The first kappa shape index (κ1) is 25.2. The molecule has 0 bridgehead atoms. The fourth-order valence-electron chi connectivity index (χ4n) is 5.57. The number of rotatable bonds is 6. The Kier molecular flexibility index (Phi) is 7.13. The van der Waals surface area contributed by atoms with Gasteiger partial charge in [-0.3, -0.25) is 0 Å². The van der Waals surface area contributed by atoms with Gasteiger partial charge < -0.3 is 19.5 Å². The van der Waals surface area contributed by atoms with Crippen LogP contribution in [-0.2, 0) is 0 Å². The highest BCUT2D eigenvalue weighted by Crippen LogP contribution is 2.43. The molecule has 0 unspecified atom stereocenters. The van der Waals surface area contributed by atoms with Crippen molar-refractivity contribution in [3.8, 4) is 39.9 Å². The zero-order valence-corrected chi connectivity index (χ0v) is 21.7. The molecule has 3 atom stereocenters. The Balaban J connectivity index is 1.34. The number of anilines is 1. The molecular weight excluding hydrogens is 473 g/mol. The molecule has 2 aliphatic rings. The first-order valence-electron chi connectivity index (χ1n) is 13.1. The molecule has 1 aromatic carbocycles. The molecule has 0 amide bonds. The van der Waals surface area contributed by atoms with Crippen LogP contribution in [0.1, 0.15) is 52.4 Å². The molecule has 2 aromatic heterocycles. The summed E-state index contributed by atoms with van der Waals surface area (Å²) in [6.45, 7) is 5.14. The average Bonchev–Trinajstić information content (AvgIpc) is 3.06. The normalized spacial score (nSPS) is 23.4. The highest BCUT2D eigenvalue weighted by atomic mass is 19.1. The number of halogens is 1. The number of aromatic hydroxyl groups is 1. The van der Waals surface area contributed by atoms with Crippen molar-refractivity contribution in [2.45, 2.75) is 64.6 Å². The van der Waals surface area contributed by atoms with Crippen molar-refractivity contribution in [1.29, 1.82) is 0 Å². The topological polar surface area (TPSA) is 93.5 Å². The number of hydrogen-bond acceptors (Lipinski definition) is 8. The van der Waals surface area contributed by atoms with Crippen molar-refractivity contribution in [2.75, 3.05) is 25.2 Å². The molecule has 196 valence electrons. The van der Waals surface area contributed by atoms with Crippen LogP contribution < -0.4 is 14.4 Å². The molecule has 37 heavy (non-hydrogen) atoms. The van der Waals surface area contributed by atoms with E-state index in [1.807, 2.05) is 24.1 Å². The highest BCUT2D eigenvalue weighted by molar-refractivity contribution is 5.73. The first-order chi connectivity index (χ1) is 17.9. The van der Waals surface area contributed by atoms with E-state index < -0.39 is 6.17 Å². The largest absolute Gasteiger partial charge is 0.507 e. The van der Waals surface area contributed by atoms with E-state index in [0.29, 0.717) is 42.0 Å². The fraction of sp³-hybridized carbons (Fsp3) is 0.500. The number of nitrogens with zero attached hydrogens (tertiary/aromatic N) is 5. The van der Waals surface area contributed by atoms with Crippen LogP contribution in [0.5, 0.6) is 17.4 Å². The summed E-state index contributed by atoms with van der Waals surface area (Å²) in [6.07, 6.45) is 7.90. The Morgan fingerprint density at radius 1 is 1.08 bits per heavy atom. The Morgan fingerprint density at radius 3 is 2.68 bits per heavy atom. The summed E-state index contributed by atoms with van der Waals surface area (Å²) >= 11 is 0. The summed E-state index contributed by atoms with van der Waals surface area (Å²) in [7, 11) is 1.87. The molecule has 1 aliphatic carbocycles. The second-order valence-electron chi connectivity index (χ2n) is 10.3. The lowest BCUT2D eigenvalue weighted by Crippen LogP contribution is -2.46. The van der Waals surface area contributed by atoms with Crippen LogP contribution in [-0.4, -0.2) is 57.7 Å². The Bertz CT molecular complexity index is 1240. The smallest absolute Gasteiger partial charge is 0.257 e. The molecule has 0 saturated heterocycles. The van der Waals surface area contributed by atoms with Crippen LogP contribution in [0.4, 0.5) is 10.2 Å². The molecule has 9 heteroatoms. The maximum atomic E-state index is 15.8. The quantitative estimate of drug-likeness (QED) is 0.431. The van der Waals surface area contributed by atoms with Gasteiger partial charge in [0.05, 0.1) is 17.8 Å². The molecule has 1 saturated carbocycles. The monoisotopic (exact) mass is 507 g/mol. The van der Waals surface area contributed by atoms with Gasteiger partial charge in [0.25, 0.3) is 5.88 Å². The molecular formula is C28H34FN5O3. The van der Waals surface area contributed by atoms with E-state index in [1.165, 1.54) is 0 Å². The SMILES string of the molecule is CCC[C@]1(C)CCCC[C@H](N(C)c2cnc(-c3ccc(-c4cnc5c(c4)OCCO5)cc3O)nn2)[C@@H]1F. The summed E-state index contributed by atoms with van der Waals surface area (Å²) in [5.74, 6) is 1.90. The molecule has 0 spiro atoms. The van der Waals surface area contributed by atoms with Crippen LogP contribution in [0.2, 0.25) is 0 Å². The number of alkyl halides is 1. The number of benzene rings is 1. The molecule has 5 rings (SSSR count). The standard InChI is InChI=1S/C28H34FN5O3/c1-4-10-28(2)11-6-5-7-21(25(28)29)34(3)24-17-30-26(33-32-24)20-9-8-18(14-22(20)35)19-15-23-27(31-16-19)37-13-12-36-23/h8-9,14-17,21,25,35H,4-7,10-13H2,1-3H3/t21-,25-,28+/m0/s1. The number of phenolic OH excluding ortho intramolecular Hbond substituents is 1. The van der Waals surface area contributed by atoms with Gasteiger partial charge in [-0.25, -0.2) is 14.4 Å². The Morgan fingerprint density at radius 2 is 1.92 bits per heavy atom. The lowest BCUT2D eigenvalue weighted by atomic mass is 9.76. The van der Waals surface area contributed by atoms with E-state index in [9.17, 15) is 5.11 Å². The average molecular weight is 508 g/mol. The van der Waals surface area contributed by atoms with Gasteiger partial charge in [0.1, 0.15) is 25.1 Å². The highest BCUT2D eigenvalue weighted by Gasteiger charge is 2.42. The van der Waals surface area contributed by atoms with Crippen molar-refractivity contribution in [2.24, 2.45) is 5.41 Å². The van der Waals surface area contributed by atoms with E-state index in [4.69, 9.17) is 9.47 Å². The van der Waals surface area contributed by atoms with Gasteiger partial charge in [-0.2, -0.15) is 0 Å². The van der Waals surface area contributed by atoms with E-state index in [1.54, 1.807) is 24.5 Å². The summed E-state index contributed by atoms with van der Waals surface area (Å²) < 4.78 is 26.9. The third-order valence-electron chi connectivity index (χ3n) is 7.70. The predicted molar refractivity (Wildman–Crippen MR) is 140 cm³/mol. The van der Waals surface area contributed by atoms with Gasteiger partial charge in [0, 0.05) is 24.2 Å². The molecule has 1 fully saturated rings. The third kappa shape index (κ3) is 5.04. The van der Waals surface area contributed by atoms with Crippen LogP contribution >= 0.6 is 0 Å². The van der Waals surface area contributed by atoms with Crippen LogP contribution in [0.15, 0.2) is 36.7 Å². The minimum atomic E-state index is -0.951. The van der Waals surface area contributed by atoms with Crippen molar-refractivity contribution < 1.29 is 19.0 Å². The fourth-order valence-corrected chi connectivity index (χ4v) is 5.57. The molecule has 1 N–H and O–H groups in total. The van der Waals surface area contributed by atoms with Crippen LogP contribution in [0.3, 0.4) is 0 Å². The molecule has 3 aromatic rings. The predicted octanol–water partition coefficient (Wildman–Crippen LogP) is 5.60. The Labute approximate surface area is 216 Å². The molecule has 1 aliphatic heterocycles. The van der Waals surface area contributed by atoms with Gasteiger partial charge in [0.15, 0.2) is 17.4 Å². The Hall–Kier alpha value is -3.49. The van der Waals surface area contributed by atoms with E-state index in [2.05, 4.69) is 34.0 Å². The van der Waals surface area contributed by atoms with Gasteiger partial charge in [-0.05, 0) is 43.0 Å². The van der Waals surface area contributed by atoms with E-state index in [-0.39, 0.29) is 17.2 Å². The maximum absolute atomic E-state index is 15.8. The maximum Gasteiger partial charge on any atom is 0.257 e. The zero-order valence-electron chi connectivity index (χ0n) is 21.7. The van der Waals surface area contributed by atoms with Crippen molar-refractivity contribution >= 4 is 5.82 Å². The van der Waals surface area contributed by atoms with E-state index >= 15 is 4.39 Å². The number of aromatic nitrogens is 4. The summed E-state index contributed by atoms with van der Waals surface area (Å²) in [5.41, 5.74) is 1.70. The number of pyridine rings is 1. The summed E-state index contributed by atoms with van der Waals surface area (Å²) in [5, 5.41) is 19.4. The van der Waals surface area contributed by atoms with Crippen LogP contribution in [0, 0.1) is 5.41 Å². The minimum absolute atomic E-state index is 0.0261. The third-order valence-corrected chi connectivity index (χ3v) is 7.70. The molecule has 3 heterocycles. The number of hydrogen-bond donors (Lipinski definition) is 1. The number of fused-ring (bicyclic) bond motifs is 1. The molecule has 0 radical (unpaired) electrons. The minimum Gasteiger partial charge on any atom is -0.507 e. The van der Waals surface area contributed by atoms with Crippen LogP contribution in [0.25, 0.3) is 22.5 Å². The van der Waals surface area contributed by atoms with Gasteiger partial charge in [-0.15, -0.1) is 10.2 Å². The van der Waals surface area contributed by atoms with Gasteiger partial charge in [0.2, 0.25) is 0 Å². The molecule has 8 nitrogen and oxygen atoms in total. The van der Waals surface area contributed by atoms with Gasteiger partial charge >= 0.3 is 0 Å². The van der Waals surface area contributed by atoms with Gasteiger partial charge in [-0.1, -0.05) is 39.2 Å². The van der Waals surface area contributed by atoms with Crippen molar-refractivity contribution in [3.63, 3.8) is 0 Å². The second kappa shape index (κ2) is 10.5. The van der Waals surface area contributed by atoms with Crippen molar-refractivity contribution in [1.82, 2.24) is 20.2 Å². The lowest BCUT2D eigenvalue weighted by Gasteiger charge is -2.39. The second-order valence-corrected chi connectivity index (χ2v) is 10.3. The first-order valence-corrected chi connectivity index (χ1v) is 13.1.